The number of fused-ring (bicyclic) bond motifs is 1. The zero-order chi connectivity index (χ0) is 21.1. The molecule has 3 N–H and O–H groups in total. The van der Waals surface area contributed by atoms with Crippen LogP contribution in [0.4, 0.5) is 0 Å². The van der Waals surface area contributed by atoms with Crippen molar-refractivity contribution in [3.05, 3.63) is 65.7 Å². The third-order valence-electron chi connectivity index (χ3n) is 5.74. The van der Waals surface area contributed by atoms with Gasteiger partial charge in [-0.05, 0) is 49.2 Å². The number of phenols is 1. The van der Waals surface area contributed by atoms with Crippen LogP contribution >= 0.6 is 0 Å². The number of phenolic OH excluding ortho intramolecular Hbond substituents is 1. The Bertz CT molecular complexity index is 928. The van der Waals surface area contributed by atoms with Crippen LogP contribution in [-0.2, 0) is 20.7 Å². The maximum atomic E-state index is 13.5. The zero-order valence-electron chi connectivity index (χ0n) is 16.4. The lowest BCUT2D eigenvalue weighted by atomic mass is 9.82. The Balaban J connectivity index is 1.57. The molecule has 2 fully saturated rings. The van der Waals surface area contributed by atoms with E-state index in [4.69, 9.17) is 4.74 Å². The summed E-state index contributed by atoms with van der Waals surface area (Å²) in [5, 5.41) is 15.5. The van der Waals surface area contributed by atoms with Crippen LogP contribution in [0, 0.1) is 5.92 Å². The predicted octanol–water partition coefficient (Wildman–Crippen LogP) is 1.25. The summed E-state index contributed by atoms with van der Waals surface area (Å²) in [6, 6.07) is 14.0. The summed E-state index contributed by atoms with van der Waals surface area (Å²) in [7, 11) is 0. The molecule has 7 nitrogen and oxygen atoms in total. The highest BCUT2D eigenvalue weighted by molar-refractivity contribution is 5.99. The highest BCUT2D eigenvalue weighted by atomic mass is 16.5. The number of hydrogen-bond acceptors (Lipinski definition) is 6. The molecular weight excluding hydrogens is 384 g/mol. The van der Waals surface area contributed by atoms with Crippen molar-refractivity contribution in [2.75, 3.05) is 13.2 Å². The first-order chi connectivity index (χ1) is 14.5. The van der Waals surface area contributed by atoms with Crippen molar-refractivity contribution in [2.45, 2.75) is 31.0 Å². The first-order valence-corrected chi connectivity index (χ1v) is 10.1. The van der Waals surface area contributed by atoms with Gasteiger partial charge in [-0.1, -0.05) is 30.3 Å². The van der Waals surface area contributed by atoms with E-state index in [1.54, 1.807) is 48.5 Å². The number of carbonyl (C=O) groups is 3. The van der Waals surface area contributed by atoms with Gasteiger partial charge in [-0.2, -0.15) is 0 Å². The summed E-state index contributed by atoms with van der Waals surface area (Å²) in [5.74, 6) is -0.851. The highest BCUT2D eigenvalue weighted by Gasteiger charge is 2.47. The van der Waals surface area contributed by atoms with Gasteiger partial charge in [0.25, 0.3) is 5.91 Å². The summed E-state index contributed by atoms with van der Waals surface area (Å²) < 4.78 is 5.63. The van der Waals surface area contributed by atoms with E-state index >= 15 is 0 Å². The SMILES string of the molecule is O=C(NC(Cc1ccc(O)cc1)C(=O)C1CCNC2C(=O)COC12)c1ccccc1. The Hall–Kier alpha value is -3.03. The van der Waals surface area contributed by atoms with Crippen LogP contribution in [0.2, 0.25) is 0 Å². The Morgan fingerprint density at radius 3 is 2.60 bits per heavy atom. The fourth-order valence-corrected chi connectivity index (χ4v) is 4.17. The minimum absolute atomic E-state index is 0.00508. The van der Waals surface area contributed by atoms with Gasteiger partial charge in [0.2, 0.25) is 0 Å². The maximum absolute atomic E-state index is 13.5. The summed E-state index contributed by atoms with van der Waals surface area (Å²) in [6.45, 7) is 0.552. The lowest BCUT2D eigenvalue weighted by molar-refractivity contribution is -0.130. The summed E-state index contributed by atoms with van der Waals surface area (Å²) >= 11 is 0. The molecule has 0 aliphatic carbocycles. The van der Waals surface area contributed by atoms with Crippen molar-refractivity contribution >= 4 is 17.5 Å². The number of Topliss-reactive ketones (excluding diaryl/α,β-unsaturated/α-hetero) is 2. The molecule has 0 spiro atoms. The van der Waals surface area contributed by atoms with Gasteiger partial charge in [-0.15, -0.1) is 0 Å². The molecule has 0 bridgehead atoms. The van der Waals surface area contributed by atoms with Gasteiger partial charge in [-0.3, -0.25) is 14.4 Å². The third kappa shape index (κ3) is 4.27. The van der Waals surface area contributed by atoms with Crippen LogP contribution in [0.25, 0.3) is 0 Å². The van der Waals surface area contributed by atoms with Crippen LogP contribution in [0.5, 0.6) is 5.75 Å². The zero-order valence-corrected chi connectivity index (χ0v) is 16.4. The van der Waals surface area contributed by atoms with E-state index < -0.39 is 24.1 Å². The van der Waals surface area contributed by atoms with Gasteiger partial charge in [0.05, 0.1) is 18.2 Å². The Labute approximate surface area is 174 Å². The van der Waals surface area contributed by atoms with Crippen LogP contribution in [0.1, 0.15) is 22.3 Å². The van der Waals surface area contributed by atoms with Crippen molar-refractivity contribution in [1.82, 2.24) is 10.6 Å². The number of ether oxygens (including phenoxy) is 1. The van der Waals surface area contributed by atoms with E-state index in [-0.39, 0.29) is 36.3 Å². The van der Waals surface area contributed by atoms with Crippen molar-refractivity contribution in [3.8, 4) is 5.75 Å². The van der Waals surface area contributed by atoms with Crippen LogP contribution in [0.3, 0.4) is 0 Å². The molecule has 0 aromatic heterocycles. The van der Waals surface area contributed by atoms with Crippen molar-refractivity contribution < 1.29 is 24.2 Å². The van der Waals surface area contributed by atoms with Crippen LogP contribution in [-0.4, -0.2) is 53.9 Å². The molecule has 2 aromatic carbocycles. The predicted molar refractivity (Wildman–Crippen MR) is 109 cm³/mol. The first kappa shape index (κ1) is 20.3. The second-order valence-electron chi connectivity index (χ2n) is 7.73. The van der Waals surface area contributed by atoms with E-state index in [2.05, 4.69) is 10.6 Å². The molecule has 1 amide bonds. The Morgan fingerprint density at radius 1 is 1.13 bits per heavy atom. The maximum Gasteiger partial charge on any atom is 0.251 e. The molecule has 4 rings (SSSR count). The van der Waals surface area contributed by atoms with Crippen LogP contribution < -0.4 is 10.6 Å². The topological polar surface area (TPSA) is 105 Å². The fraction of sp³-hybridized carbons (Fsp3) is 0.348. The van der Waals surface area contributed by atoms with Gasteiger partial charge in [0.15, 0.2) is 11.6 Å². The Morgan fingerprint density at radius 2 is 1.87 bits per heavy atom. The van der Waals surface area contributed by atoms with Gasteiger partial charge < -0.3 is 20.5 Å². The molecule has 2 aliphatic rings. The average Bonchev–Trinajstić information content (AvgIpc) is 3.16. The van der Waals surface area contributed by atoms with Crippen LogP contribution in [0.15, 0.2) is 54.6 Å². The van der Waals surface area contributed by atoms with Crippen molar-refractivity contribution in [2.24, 2.45) is 5.92 Å². The molecule has 2 aliphatic heterocycles. The van der Waals surface area contributed by atoms with Gasteiger partial charge in [0.1, 0.15) is 12.4 Å². The molecule has 30 heavy (non-hydrogen) atoms. The number of rotatable bonds is 6. The molecule has 2 aromatic rings. The lowest BCUT2D eigenvalue weighted by Gasteiger charge is -2.34. The molecule has 2 saturated heterocycles. The van der Waals surface area contributed by atoms with Crippen molar-refractivity contribution in [3.63, 3.8) is 0 Å². The van der Waals surface area contributed by atoms with E-state index in [1.807, 2.05) is 6.07 Å². The van der Waals surface area contributed by atoms with Gasteiger partial charge in [0, 0.05) is 11.5 Å². The number of carbonyl (C=O) groups excluding carboxylic acids is 3. The number of aromatic hydroxyl groups is 1. The number of nitrogens with one attached hydrogen (secondary N) is 2. The van der Waals surface area contributed by atoms with E-state index in [0.717, 1.165) is 5.56 Å². The number of benzene rings is 2. The lowest BCUT2D eigenvalue weighted by Crippen LogP contribution is -2.56. The number of ketones is 2. The molecule has 4 atom stereocenters. The van der Waals surface area contributed by atoms with E-state index in [0.29, 0.717) is 18.5 Å². The number of hydrogen-bond donors (Lipinski definition) is 3. The van der Waals surface area contributed by atoms with E-state index in [1.165, 1.54) is 0 Å². The molecule has 4 unspecified atom stereocenters. The molecule has 0 saturated carbocycles. The smallest absolute Gasteiger partial charge is 0.251 e. The average molecular weight is 408 g/mol. The minimum atomic E-state index is -0.773. The summed E-state index contributed by atoms with van der Waals surface area (Å²) in [4.78, 5) is 38.3. The van der Waals surface area contributed by atoms with Crippen molar-refractivity contribution in [1.29, 1.82) is 0 Å². The largest absolute Gasteiger partial charge is 0.508 e. The molecule has 156 valence electrons. The Kier molecular flexibility index (Phi) is 5.92. The molecule has 7 heteroatoms. The standard InChI is InChI=1S/C23H24N2O5/c26-16-8-6-14(7-9-16)12-18(25-23(29)15-4-2-1-3-5-15)21(28)17-10-11-24-20-19(27)13-30-22(17)20/h1-9,17-18,20,22,24,26H,10-13H2,(H,25,29). The van der Waals surface area contributed by atoms with E-state index in [9.17, 15) is 19.5 Å². The first-order valence-electron chi connectivity index (χ1n) is 10.1. The number of amides is 1. The monoisotopic (exact) mass is 408 g/mol. The molecule has 2 heterocycles. The third-order valence-corrected chi connectivity index (χ3v) is 5.74. The highest BCUT2D eigenvalue weighted by Crippen LogP contribution is 2.28. The normalized spacial score (nSPS) is 24.1. The molecule has 0 radical (unpaired) electrons. The second kappa shape index (κ2) is 8.77. The molecular formula is C23H24N2O5. The fourth-order valence-electron chi connectivity index (χ4n) is 4.17. The number of piperidine rings is 1. The summed E-state index contributed by atoms with van der Waals surface area (Å²) in [6.07, 6.45) is 0.322. The minimum Gasteiger partial charge on any atom is -0.508 e. The van der Waals surface area contributed by atoms with Gasteiger partial charge in [-0.25, -0.2) is 0 Å². The van der Waals surface area contributed by atoms with Gasteiger partial charge >= 0.3 is 0 Å². The quantitative estimate of drug-likeness (QED) is 0.665. The summed E-state index contributed by atoms with van der Waals surface area (Å²) in [5.41, 5.74) is 1.28. The second-order valence-corrected chi connectivity index (χ2v) is 7.73.